The Hall–Kier alpha value is -1.91. The van der Waals surface area contributed by atoms with Gasteiger partial charge in [0, 0.05) is 24.5 Å². The van der Waals surface area contributed by atoms with Crippen LogP contribution in [0.15, 0.2) is 18.3 Å². The number of rotatable bonds is 2. The number of aryl methyl sites for hydroxylation is 1. The molecule has 2 rings (SSSR count). The molecule has 5 heteroatoms. The molecular weight excluding hydrogens is 244 g/mol. The van der Waals surface area contributed by atoms with Gasteiger partial charge in [-0.1, -0.05) is 0 Å². The lowest BCUT2D eigenvalue weighted by atomic mass is 9.91. The highest BCUT2D eigenvalue weighted by molar-refractivity contribution is 5.94. The molecule has 1 aromatic heterocycles. The molecule has 5 nitrogen and oxygen atoms in total. The largest absolute Gasteiger partial charge is 0.481 e. The van der Waals surface area contributed by atoms with Gasteiger partial charge in [0.1, 0.15) is 0 Å². The van der Waals surface area contributed by atoms with E-state index in [-0.39, 0.29) is 17.9 Å². The van der Waals surface area contributed by atoms with Crippen molar-refractivity contribution < 1.29 is 14.7 Å². The predicted molar refractivity (Wildman–Crippen MR) is 69.8 cm³/mol. The monoisotopic (exact) mass is 262 g/mol. The van der Waals surface area contributed by atoms with Crippen LogP contribution in [-0.4, -0.2) is 39.5 Å². The number of hydrogen-bond donors (Lipinski definition) is 1. The summed E-state index contributed by atoms with van der Waals surface area (Å²) >= 11 is 0. The van der Waals surface area contributed by atoms with E-state index in [4.69, 9.17) is 5.11 Å². The second kappa shape index (κ2) is 5.38. The van der Waals surface area contributed by atoms with E-state index in [0.29, 0.717) is 24.9 Å². The van der Waals surface area contributed by atoms with Gasteiger partial charge in [0.2, 0.25) is 0 Å². The molecule has 0 aromatic carbocycles. The number of hydrogen-bond acceptors (Lipinski definition) is 3. The van der Waals surface area contributed by atoms with Crippen LogP contribution >= 0.6 is 0 Å². The van der Waals surface area contributed by atoms with E-state index < -0.39 is 5.97 Å². The summed E-state index contributed by atoms with van der Waals surface area (Å²) in [6.45, 7) is 4.26. The highest BCUT2D eigenvalue weighted by Crippen LogP contribution is 2.24. The maximum absolute atomic E-state index is 12.3. The maximum Gasteiger partial charge on any atom is 0.306 e. The molecule has 1 amide bonds. The number of amides is 1. The van der Waals surface area contributed by atoms with Crippen LogP contribution in [0.3, 0.4) is 0 Å². The first-order chi connectivity index (χ1) is 8.99. The van der Waals surface area contributed by atoms with Crippen molar-refractivity contribution in [1.29, 1.82) is 0 Å². The molecule has 1 fully saturated rings. The fourth-order valence-electron chi connectivity index (χ4n) is 2.46. The van der Waals surface area contributed by atoms with Crippen LogP contribution < -0.4 is 0 Å². The molecule has 1 aromatic rings. The number of carboxylic acid groups (broad SMARTS) is 1. The second-order valence-electron chi connectivity index (χ2n) is 5.10. The minimum absolute atomic E-state index is 0.0522. The zero-order valence-electron chi connectivity index (χ0n) is 11.2. The normalized spacial score (nSPS) is 23.2. The Morgan fingerprint density at radius 1 is 1.42 bits per heavy atom. The number of likely N-dealkylation sites (tertiary alicyclic amines) is 1. The third kappa shape index (κ3) is 2.92. The Morgan fingerprint density at radius 3 is 2.68 bits per heavy atom. The number of carboxylic acids is 1. The van der Waals surface area contributed by atoms with Crippen LogP contribution in [0.2, 0.25) is 0 Å². The van der Waals surface area contributed by atoms with Gasteiger partial charge < -0.3 is 10.0 Å². The van der Waals surface area contributed by atoms with Gasteiger partial charge in [0.15, 0.2) is 0 Å². The van der Waals surface area contributed by atoms with Crippen molar-refractivity contribution >= 4 is 11.9 Å². The summed E-state index contributed by atoms with van der Waals surface area (Å²) in [4.78, 5) is 29.2. The van der Waals surface area contributed by atoms with Crippen LogP contribution in [0.4, 0.5) is 0 Å². The molecule has 19 heavy (non-hydrogen) atoms. The van der Waals surface area contributed by atoms with Crippen molar-refractivity contribution in [3.63, 3.8) is 0 Å². The molecule has 0 aliphatic carbocycles. The molecule has 0 spiro atoms. The molecule has 0 radical (unpaired) electrons. The molecule has 0 bridgehead atoms. The Kier molecular flexibility index (Phi) is 3.83. The average molecular weight is 262 g/mol. The Balaban J connectivity index is 2.08. The minimum Gasteiger partial charge on any atom is -0.481 e. The van der Waals surface area contributed by atoms with Crippen LogP contribution in [0, 0.1) is 12.8 Å². The minimum atomic E-state index is -0.768. The van der Waals surface area contributed by atoms with E-state index in [1.165, 1.54) is 0 Å². The Morgan fingerprint density at radius 2 is 2.16 bits per heavy atom. The Labute approximate surface area is 112 Å². The summed E-state index contributed by atoms with van der Waals surface area (Å²) in [7, 11) is 0. The van der Waals surface area contributed by atoms with E-state index in [1.807, 2.05) is 19.9 Å². The molecule has 1 aliphatic rings. The molecule has 0 saturated carbocycles. The van der Waals surface area contributed by atoms with Gasteiger partial charge in [-0.05, 0) is 38.8 Å². The molecule has 1 N–H and O–H groups in total. The van der Waals surface area contributed by atoms with Crippen LogP contribution in [0.5, 0.6) is 0 Å². The lowest BCUT2D eigenvalue weighted by Crippen LogP contribution is -2.46. The number of aromatic nitrogens is 1. The molecule has 2 heterocycles. The third-order valence-corrected chi connectivity index (χ3v) is 3.64. The zero-order chi connectivity index (χ0) is 14.0. The van der Waals surface area contributed by atoms with Gasteiger partial charge in [0.25, 0.3) is 5.91 Å². The lowest BCUT2D eigenvalue weighted by Gasteiger charge is -2.36. The summed E-state index contributed by atoms with van der Waals surface area (Å²) in [5, 5.41) is 9.02. The van der Waals surface area contributed by atoms with Crippen molar-refractivity contribution in [1.82, 2.24) is 9.88 Å². The van der Waals surface area contributed by atoms with Gasteiger partial charge >= 0.3 is 5.97 Å². The SMILES string of the molecule is Cc1ccc(C(=O)N2CCC(C(=O)O)CC2C)cn1. The highest BCUT2D eigenvalue weighted by atomic mass is 16.4. The molecular formula is C14H18N2O3. The van der Waals surface area contributed by atoms with Crippen LogP contribution in [-0.2, 0) is 4.79 Å². The summed E-state index contributed by atoms with van der Waals surface area (Å²) in [5.74, 6) is -1.17. The quantitative estimate of drug-likeness (QED) is 0.881. The van der Waals surface area contributed by atoms with Gasteiger partial charge in [-0.15, -0.1) is 0 Å². The molecule has 102 valence electrons. The molecule has 2 unspecified atom stereocenters. The molecule has 1 saturated heterocycles. The predicted octanol–water partition coefficient (Wildman–Crippen LogP) is 1.72. The summed E-state index contributed by atoms with van der Waals surface area (Å²) in [6.07, 6.45) is 2.61. The van der Waals surface area contributed by atoms with Crippen molar-refractivity contribution in [2.75, 3.05) is 6.54 Å². The van der Waals surface area contributed by atoms with E-state index >= 15 is 0 Å². The van der Waals surface area contributed by atoms with E-state index in [1.54, 1.807) is 17.2 Å². The van der Waals surface area contributed by atoms with Crippen molar-refractivity contribution in [3.05, 3.63) is 29.6 Å². The first kappa shape index (κ1) is 13.5. The first-order valence-electron chi connectivity index (χ1n) is 6.45. The average Bonchev–Trinajstić information content (AvgIpc) is 2.38. The molecule has 2 atom stereocenters. The second-order valence-corrected chi connectivity index (χ2v) is 5.10. The smallest absolute Gasteiger partial charge is 0.306 e. The Bertz CT molecular complexity index is 484. The highest BCUT2D eigenvalue weighted by Gasteiger charge is 2.32. The van der Waals surface area contributed by atoms with E-state index in [0.717, 1.165) is 5.69 Å². The number of carbonyl (C=O) groups is 2. The van der Waals surface area contributed by atoms with E-state index in [2.05, 4.69) is 4.98 Å². The zero-order valence-corrected chi connectivity index (χ0v) is 11.2. The van der Waals surface area contributed by atoms with Crippen LogP contribution in [0.1, 0.15) is 35.8 Å². The number of pyridine rings is 1. The van der Waals surface area contributed by atoms with Gasteiger partial charge in [-0.3, -0.25) is 14.6 Å². The first-order valence-corrected chi connectivity index (χ1v) is 6.45. The summed E-state index contributed by atoms with van der Waals surface area (Å²) in [5.41, 5.74) is 1.43. The van der Waals surface area contributed by atoms with Crippen molar-refractivity contribution in [2.45, 2.75) is 32.7 Å². The number of piperidine rings is 1. The van der Waals surface area contributed by atoms with Gasteiger partial charge in [0.05, 0.1) is 11.5 Å². The van der Waals surface area contributed by atoms with Crippen LogP contribution in [0.25, 0.3) is 0 Å². The van der Waals surface area contributed by atoms with Gasteiger partial charge in [-0.25, -0.2) is 0 Å². The fraction of sp³-hybridized carbons (Fsp3) is 0.500. The summed E-state index contributed by atoms with van der Waals surface area (Å²) < 4.78 is 0. The summed E-state index contributed by atoms with van der Waals surface area (Å²) in [6, 6.07) is 3.52. The van der Waals surface area contributed by atoms with Crippen molar-refractivity contribution in [2.24, 2.45) is 5.92 Å². The number of carbonyl (C=O) groups excluding carboxylic acids is 1. The van der Waals surface area contributed by atoms with Crippen molar-refractivity contribution in [3.8, 4) is 0 Å². The third-order valence-electron chi connectivity index (χ3n) is 3.64. The lowest BCUT2D eigenvalue weighted by molar-refractivity contribution is -0.143. The maximum atomic E-state index is 12.3. The molecule has 1 aliphatic heterocycles. The van der Waals surface area contributed by atoms with E-state index in [9.17, 15) is 9.59 Å². The standard InChI is InChI=1S/C14H18N2O3/c1-9-3-4-12(8-15-9)13(17)16-6-5-11(14(18)19)7-10(16)2/h3-4,8,10-11H,5-7H2,1-2H3,(H,18,19). The number of aliphatic carboxylic acids is 1. The number of nitrogens with zero attached hydrogens (tertiary/aromatic N) is 2. The fourth-order valence-corrected chi connectivity index (χ4v) is 2.46. The van der Waals surface area contributed by atoms with Gasteiger partial charge in [-0.2, -0.15) is 0 Å². The topological polar surface area (TPSA) is 70.5 Å².